The highest BCUT2D eigenvalue weighted by Crippen LogP contribution is 2.31. The number of hydrogen-bond donors (Lipinski definition) is 0. The van der Waals surface area contributed by atoms with Crippen molar-refractivity contribution in [3.63, 3.8) is 0 Å². The average Bonchev–Trinajstić information content (AvgIpc) is 3.18. The monoisotopic (exact) mass is 319 g/mol. The summed E-state index contributed by atoms with van der Waals surface area (Å²) in [6.07, 6.45) is 2.29. The number of aryl methyl sites for hydroxylation is 1. The summed E-state index contributed by atoms with van der Waals surface area (Å²) in [5, 5.41) is 7.41. The molecule has 0 spiro atoms. The molecule has 2 aliphatic heterocycles. The Bertz CT molecular complexity index is 648. The molecule has 118 valence electrons. The van der Waals surface area contributed by atoms with Gasteiger partial charge in [0.25, 0.3) is 0 Å². The molecule has 0 bridgehead atoms. The summed E-state index contributed by atoms with van der Waals surface area (Å²) in [5.41, 5.74) is 3.31. The molecule has 1 amide bonds. The van der Waals surface area contributed by atoms with Crippen molar-refractivity contribution in [1.82, 2.24) is 19.6 Å². The molecule has 22 heavy (non-hydrogen) atoms. The summed E-state index contributed by atoms with van der Waals surface area (Å²) in [7, 11) is 1.85. The normalized spacial score (nSPS) is 16.6. The van der Waals surface area contributed by atoms with Gasteiger partial charge in [0.05, 0.1) is 19.2 Å². The van der Waals surface area contributed by atoms with Gasteiger partial charge >= 0.3 is 0 Å². The number of amides is 1. The molecule has 7 heteroatoms. The molecule has 3 heterocycles. The average molecular weight is 319 g/mol. The fourth-order valence-electron chi connectivity index (χ4n) is 2.71. The third-order valence-corrected chi connectivity index (χ3v) is 5.07. The second-order valence-corrected chi connectivity index (χ2v) is 6.38. The number of aliphatic imine (C=N–C) groups is 1. The van der Waals surface area contributed by atoms with E-state index in [2.05, 4.69) is 21.9 Å². The minimum Gasteiger partial charge on any atom is -0.341 e. The van der Waals surface area contributed by atoms with Gasteiger partial charge in [-0.15, -0.1) is 0 Å². The maximum Gasteiger partial charge on any atom is 0.228 e. The first kappa shape index (κ1) is 15.1. The van der Waals surface area contributed by atoms with Crippen LogP contribution in [-0.4, -0.2) is 50.8 Å². The van der Waals surface area contributed by atoms with Crippen molar-refractivity contribution in [2.75, 3.05) is 20.1 Å². The second kappa shape index (κ2) is 6.16. The molecule has 0 aliphatic carbocycles. The van der Waals surface area contributed by atoms with Gasteiger partial charge in [0.1, 0.15) is 0 Å². The minimum atomic E-state index is 0.128. The Morgan fingerprint density at radius 1 is 1.50 bits per heavy atom. The predicted molar refractivity (Wildman–Crippen MR) is 88.4 cm³/mol. The van der Waals surface area contributed by atoms with Crippen LogP contribution in [0.15, 0.2) is 22.3 Å². The number of thioether (sulfide) groups is 1. The number of fused-ring (bicyclic) bond motifs is 1. The molecule has 0 radical (unpaired) electrons. The third kappa shape index (κ3) is 2.77. The highest BCUT2D eigenvalue weighted by atomic mass is 32.2. The molecular weight excluding hydrogens is 298 g/mol. The van der Waals surface area contributed by atoms with Gasteiger partial charge in [-0.2, -0.15) is 5.10 Å². The number of carbonyl (C=O) groups is 1. The molecular formula is C15H21N5OS. The number of amidine groups is 1. The molecule has 0 atom stereocenters. The standard InChI is InChI=1S/C15H21N5OS/c1-4-20-11(2)12(8-17-20)9-18(3)14(21)7-13-10-22-15-16-5-6-19(13)15/h8,10H,4-7,9H2,1-3H3. The number of aromatic nitrogens is 2. The van der Waals surface area contributed by atoms with Gasteiger partial charge in [-0.3, -0.25) is 14.5 Å². The van der Waals surface area contributed by atoms with E-state index >= 15 is 0 Å². The zero-order chi connectivity index (χ0) is 15.7. The Morgan fingerprint density at radius 3 is 3.05 bits per heavy atom. The van der Waals surface area contributed by atoms with Gasteiger partial charge in [-0.1, -0.05) is 11.8 Å². The summed E-state index contributed by atoms with van der Waals surface area (Å²) in [6.45, 7) is 7.30. The number of rotatable bonds is 5. The quantitative estimate of drug-likeness (QED) is 0.831. The Kier molecular flexibility index (Phi) is 4.24. The Labute approximate surface area is 134 Å². The zero-order valence-electron chi connectivity index (χ0n) is 13.2. The van der Waals surface area contributed by atoms with Crippen molar-refractivity contribution in [1.29, 1.82) is 0 Å². The van der Waals surface area contributed by atoms with Crippen molar-refractivity contribution >= 4 is 22.8 Å². The van der Waals surface area contributed by atoms with Crippen LogP contribution in [0.5, 0.6) is 0 Å². The molecule has 0 unspecified atom stereocenters. The Morgan fingerprint density at radius 2 is 2.32 bits per heavy atom. The number of hydrogen-bond acceptors (Lipinski definition) is 5. The summed E-state index contributed by atoms with van der Waals surface area (Å²) < 4.78 is 1.96. The maximum absolute atomic E-state index is 12.5. The van der Waals surface area contributed by atoms with Crippen LogP contribution in [0.1, 0.15) is 24.6 Å². The van der Waals surface area contributed by atoms with E-state index < -0.39 is 0 Å². The van der Waals surface area contributed by atoms with Gasteiger partial charge in [0.15, 0.2) is 5.17 Å². The smallest absolute Gasteiger partial charge is 0.228 e. The van der Waals surface area contributed by atoms with E-state index in [9.17, 15) is 4.79 Å². The van der Waals surface area contributed by atoms with Crippen molar-refractivity contribution in [2.45, 2.75) is 33.4 Å². The molecule has 6 nitrogen and oxygen atoms in total. The maximum atomic E-state index is 12.5. The molecule has 1 aromatic heterocycles. The fourth-order valence-corrected chi connectivity index (χ4v) is 3.66. The number of nitrogens with zero attached hydrogens (tertiary/aromatic N) is 5. The van der Waals surface area contributed by atoms with E-state index in [4.69, 9.17) is 0 Å². The van der Waals surface area contributed by atoms with Gasteiger partial charge < -0.3 is 9.80 Å². The Hall–Kier alpha value is -1.76. The van der Waals surface area contributed by atoms with Crippen molar-refractivity contribution < 1.29 is 4.79 Å². The summed E-state index contributed by atoms with van der Waals surface area (Å²) in [6, 6.07) is 0. The van der Waals surface area contributed by atoms with E-state index in [1.54, 1.807) is 16.7 Å². The van der Waals surface area contributed by atoms with Crippen LogP contribution in [-0.2, 0) is 17.9 Å². The van der Waals surface area contributed by atoms with Gasteiger partial charge in [0, 0.05) is 43.6 Å². The molecule has 0 saturated carbocycles. The van der Waals surface area contributed by atoms with Crippen LogP contribution in [0.4, 0.5) is 0 Å². The molecule has 0 aromatic carbocycles. The summed E-state index contributed by atoms with van der Waals surface area (Å²) in [5.74, 6) is 0.128. The van der Waals surface area contributed by atoms with E-state index in [0.29, 0.717) is 13.0 Å². The highest BCUT2D eigenvalue weighted by molar-refractivity contribution is 8.16. The van der Waals surface area contributed by atoms with Gasteiger partial charge in [0.2, 0.25) is 5.91 Å². The lowest BCUT2D eigenvalue weighted by Gasteiger charge is -2.20. The van der Waals surface area contributed by atoms with E-state index in [1.165, 1.54) is 0 Å². The Balaban J connectivity index is 1.60. The lowest BCUT2D eigenvalue weighted by atomic mass is 10.2. The van der Waals surface area contributed by atoms with E-state index in [0.717, 1.165) is 41.8 Å². The third-order valence-electron chi connectivity index (χ3n) is 4.12. The summed E-state index contributed by atoms with van der Waals surface area (Å²) >= 11 is 1.62. The second-order valence-electron chi connectivity index (χ2n) is 5.54. The van der Waals surface area contributed by atoms with Crippen LogP contribution >= 0.6 is 11.8 Å². The minimum absolute atomic E-state index is 0.128. The lowest BCUT2D eigenvalue weighted by Crippen LogP contribution is -2.30. The largest absolute Gasteiger partial charge is 0.341 e. The molecule has 0 N–H and O–H groups in total. The first-order valence-electron chi connectivity index (χ1n) is 7.53. The van der Waals surface area contributed by atoms with E-state index in [1.807, 2.05) is 30.3 Å². The SMILES string of the molecule is CCn1ncc(CN(C)C(=O)CC2=CSC3=NCCN23)c1C. The van der Waals surface area contributed by atoms with E-state index in [-0.39, 0.29) is 5.91 Å². The van der Waals surface area contributed by atoms with Crippen molar-refractivity contribution in [3.05, 3.63) is 28.6 Å². The van der Waals surface area contributed by atoms with Crippen molar-refractivity contribution in [2.24, 2.45) is 4.99 Å². The molecule has 2 aliphatic rings. The zero-order valence-corrected chi connectivity index (χ0v) is 14.1. The molecule has 3 rings (SSSR count). The van der Waals surface area contributed by atoms with Gasteiger partial charge in [-0.25, -0.2) is 0 Å². The number of carbonyl (C=O) groups excluding carboxylic acids is 1. The van der Waals surface area contributed by atoms with Crippen LogP contribution in [0.25, 0.3) is 0 Å². The first-order valence-corrected chi connectivity index (χ1v) is 8.41. The fraction of sp³-hybridized carbons (Fsp3) is 0.533. The van der Waals surface area contributed by atoms with Crippen molar-refractivity contribution in [3.8, 4) is 0 Å². The molecule has 0 fully saturated rings. The molecule has 1 aromatic rings. The van der Waals surface area contributed by atoms with Crippen LogP contribution in [0.3, 0.4) is 0 Å². The highest BCUT2D eigenvalue weighted by Gasteiger charge is 2.28. The summed E-state index contributed by atoms with van der Waals surface area (Å²) in [4.78, 5) is 20.8. The first-order chi connectivity index (χ1) is 10.6. The van der Waals surface area contributed by atoms with Crippen LogP contribution in [0.2, 0.25) is 0 Å². The van der Waals surface area contributed by atoms with Crippen LogP contribution in [0, 0.1) is 6.92 Å². The lowest BCUT2D eigenvalue weighted by molar-refractivity contribution is -0.129. The molecule has 0 saturated heterocycles. The van der Waals surface area contributed by atoms with Crippen LogP contribution < -0.4 is 0 Å². The topological polar surface area (TPSA) is 53.7 Å². The van der Waals surface area contributed by atoms with Gasteiger partial charge in [-0.05, 0) is 19.3 Å². The predicted octanol–water partition coefficient (Wildman–Crippen LogP) is 1.82.